The predicted molar refractivity (Wildman–Crippen MR) is 89.4 cm³/mol. The molecule has 3 rings (SSSR count). The van der Waals surface area contributed by atoms with Gasteiger partial charge in [0.2, 0.25) is 5.91 Å². The number of anilines is 1. The van der Waals surface area contributed by atoms with E-state index in [4.69, 9.17) is 9.47 Å². The van der Waals surface area contributed by atoms with Crippen LogP contribution in [0.1, 0.15) is 18.4 Å². The average molecular weight is 311 g/mol. The number of nitrogens with one attached hydrogen (secondary N) is 1. The Labute approximate surface area is 136 Å². The summed E-state index contributed by atoms with van der Waals surface area (Å²) in [6, 6.07) is 17.5. The third kappa shape index (κ3) is 4.57. The van der Waals surface area contributed by atoms with Gasteiger partial charge in [0.25, 0.3) is 0 Å². The van der Waals surface area contributed by atoms with E-state index in [1.165, 1.54) is 0 Å². The van der Waals surface area contributed by atoms with Crippen LogP contribution in [0.3, 0.4) is 0 Å². The van der Waals surface area contributed by atoms with Crippen LogP contribution >= 0.6 is 0 Å². The normalized spacial score (nSPS) is 15.1. The van der Waals surface area contributed by atoms with Crippen molar-refractivity contribution in [1.29, 1.82) is 0 Å². The van der Waals surface area contributed by atoms with Gasteiger partial charge >= 0.3 is 0 Å². The van der Waals surface area contributed by atoms with Crippen LogP contribution in [0.4, 0.5) is 5.69 Å². The molecule has 0 spiro atoms. The first-order valence-corrected chi connectivity index (χ1v) is 7.97. The second-order valence-electron chi connectivity index (χ2n) is 5.67. The van der Waals surface area contributed by atoms with Crippen LogP contribution in [0.5, 0.6) is 5.75 Å². The molecule has 120 valence electrons. The molecule has 1 heterocycles. The van der Waals surface area contributed by atoms with E-state index >= 15 is 0 Å². The number of carbonyl (C=O) groups is 1. The van der Waals surface area contributed by atoms with Gasteiger partial charge in [-0.1, -0.05) is 30.3 Å². The number of rotatable bonds is 5. The van der Waals surface area contributed by atoms with E-state index in [9.17, 15) is 4.79 Å². The highest BCUT2D eigenvalue weighted by atomic mass is 16.5. The maximum Gasteiger partial charge on any atom is 0.227 e. The molecule has 1 fully saturated rings. The number of amides is 1. The number of carbonyl (C=O) groups excluding carboxylic acids is 1. The predicted octanol–water partition coefficient (Wildman–Crippen LogP) is 3.63. The minimum absolute atomic E-state index is 0.0535. The molecule has 0 radical (unpaired) electrons. The van der Waals surface area contributed by atoms with E-state index in [0.717, 1.165) is 29.8 Å². The number of ether oxygens (including phenoxy) is 2. The molecular weight excluding hydrogens is 290 g/mol. The van der Waals surface area contributed by atoms with Gasteiger partial charge in [0.05, 0.1) is 0 Å². The first-order valence-electron chi connectivity index (χ1n) is 7.97. The highest BCUT2D eigenvalue weighted by molar-refractivity contribution is 5.92. The quantitative estimate of drug-likeness (QED) is 0.917. The van der Waals surface area contributed by atoms with Crippen LogP contribution in [-0.2, 0) is 16.1 Å². The number of benzene rings is 2. The number of hydrogen-bond acceptors (Lipinski definition) is 3. The maximum absolute atomic E-state index is 12.2. The van der Waals surface area contributed by atoms with E-state index in [1.807, 2.05) is 54.6 Å². The topological polar surface area (TPSA) is 47.6 Å². The van der Waals surface area contributed by atoms with Crippen LogP contribution in [0, 0.1) is 5.92 Å². The summed E-state index contributed by atoms with van der Waals surface area (Å²) in [5.74, 6) is 0.918. The fraction of sp³-hybridized carbons (Fsp3) is 0.316. The molecule has 0 saturated carbocycles. The Morgan fingerprint density at radius 3 is 2.43 bits per heavy atom. The molecule has 4 nitrogen and oxygen atoms in total. The van der Waals surface area contributed by atoms with Crippen LogP contribution in [-0.4, -0.2) is 19.1 Å². The van der Waals surface area contributed by atoms with Crippen molar-refractivity contribution in [3.63, 3.8) is 0 Å². The van der Waals surface area contributed by atoms with Crippen LogP contribution < -0.4 is 10.1 Å². The summed E-state index contributed by atoms with van der Waals surface area (Å²) in [6.07, 6.45) is 1.59. The fourth-order valence-electron chi connectivity index (χ4n) is 2.58. The van der Waals surface area contributed by atoms with Crippen molar-refractivity contribution in [2.24, 2.45) is 5.92 Å². The molecule has 0 unspecified atom stereocenters. The van der Waals surface area contributed by atoms with E-state index in [0.29, 0.717) is 19.8 Å². The summed E-state index contributed by atoms with van der Waals surface area (Å²) in [5, 5.41) is 2.96. The Balaban J connectivity index is 1.51. The molecule has 1 saturated heterocycles. The Morgan fingerprint density at radius 2 is 1.74 bits per heavy atom. The standard InChI is InChI=1S/C19H21NO3/c21-19(16-10-12-22-13-11-16)20-17-6-8-18(9-7-17)23-14-15-4-2-1-3-5-15/h1-9,16H,10-14H2,(H,20,21). The summed E-state index contributed by atoms with van der Waals surface area (Å²) >= 11 is 0. The highest BCUT2D eigenvalue weighted by Gasteiger charge is 2.21. The SMILES string of the molecule is O=C(Nc1ccc(OCc2ccccc2)cc1)C1CCOCC1. The lowest BCUT2D eigenvalue weighted by atomic mass is 9.99. The summed E-state index contributed by atoms with van der Waals surface area (Å²) in [4.78, 5) is 12.2. The van der Waals surface area contributed by atoms with E-state index in [-0.39, 0.29) is 11.8 Å². The van der Waals surface area contributed by atoms with E-state index < -0.39 is 0 Å². The Hall–Kier alpha value is -2.33. The molecular formula is C19H21NO3. The first kappa shape index (κ1) is 15.6. The Morgan fingerprint density at radius 1 is 1.04 bits per heavy atom. The lowest BCUT2D eigenvalue weighted by Gasteiger charge is -2.21. The van der Waals surface area contributed by atoms with Crippen LogP contribution in [0.15, 0.2) is 54.6 Å². The molecule has 1 aliphatic rings. The summed E-state index contributed by atoms with van der Waals surface area (Å²) < 4.78 is 11.0. The maximum atomic E-state index is 12.2. The summed E-state index contributed by atoms with van der Waals surface area (Å²) in [5.41, 5.74) is 1.93. The van der Waals surface area contributed by atoms with Gasteiger partial charge in [0, 0.05) is 24.8 Å². The molecule has 2 aromatic rings. The van der Waals surface area contributed by atoms with Gasteiger partial charge in [-0.05, 0) is 42.7 Å². The van der Waals surface area contributed by atoms with Gasteiger partial charge in [0.15, 0.2) is 0 Å². The highest BCUT2D eigenvalue weighted by Crippen LogP contribution is 2.20. The minimum atomic E-state index is 0.0535. The molecule has 23 heavy (non-hydrogen) atoms. The molecule has 0 bridgehead atoms. The van der Waals surface area contributed by atoms with Gasteiger partial charge in [-0.25, -0.2) is 0 Å². The van der Waals surface area contributed by atoms with Gasteiger partial charge in [-0.15, -0.1) is 0 Å². The van der Waals surface area contributed by atoms with Gasteiger partial charge in [-0.3, -0.25) is 4.79 Å². The zero-order chi connectivity index (χ0) is 15.9. The molecule has 4 heteroatoms. The van der Waals surface area contributed by atoms with Crippen molar-refractivity contribution in [2.45, 2.75) is 19.4 Å². The van der Waals surface area contributed by atoms with E-state index in [2.05, 4.69) is 5.32 Å². The van der Waals surface area contributed by atoms with Crippen LogP contribution in [0.2, 0.25) is 0 Å². The molecule has 2 aromatic carbocycles. The minimum Gasteiger partial charge on any atom is -0.489 e. The molecule has 0 atom stereocenters. The summed E-state index contributed by atoms with van der Waals surface area (Å²) in [6.45, 7) is 1.88. The third-order valence-corrected chi connectivity index (χ3v) is 3.96. The van der Waals surface area contributed by atoms with Crippen molar-refractivity contribution in [3.8, 4) is 5.75 Å². The lowest BCUT2D eigenvalue weighted by Crippen LogP contribution is -2.28. The van der Waals surface area contributed by atoms with E-state index in [1.54, 1.807) is 0 Å². The second-order valence-corrected chi connectivity index (χ2v) is 5.67. The van der Waals surface area contributed by atoms with Gasteiger partial charge in [-0.2, -0.15) is 0 Å². The molecule has 1 N–H and O–H groups in total. The van der Waals surface area contributed by atoms with Gasteiger partial charge < -0.3 is 14.8 Å². The molecule has 0 aromatic heterocycles. The Bertz CT molecular complexity index is 619. The van der Waals surface area contributed by atoms with Crippen molar-refractivity contribution >= 4 is 11.6 Å². The zero-order valence-electron chi connectivity index (χ0n) is 13.0. The van der Waals surface area contributed by atoms with Crippen LogP contribution in [0.25, 0.3) is 0 Å². The second kappa shape index (κ2) is 7.79. The number of hydrogen-bond donors (Lipinski definition) is 1. The average Bonchev–Trinajstić information content (AvgIpc) is 2.63. The fourth-order valence-corrected chi connectivity index (χ4v) is 2.58. The third-order valence-electron chi connectivity index (χ3n) is 3.96. The Kier molecular flexibility index (Phi) is 5.27. The molecule has 0 aliphatic carbocycles. The lowest BCUT2D eigenvalue weighted by molar-refractivity contribution is -0.122. The largest absolute Gasteiger partial charge is 0.489 e. The van der Waals surface area contributed by atoms with Crippen molar-refractivity contribution in [3.05, 3.63) is 60.2 Å². The zero-order valence-corrected chi connectivity index (χ0v) is 13.0. The van der Waals surface area contributed by atoms with Crippen molar-refractivity contribution in [1.82, 2.24) is 0 Å². The van der Waals surface area contributed by atoms with Crippen molar-refractivity contribution < 1.29 is 14.3 Å². The monoisotopic (exact) mass is 311 g/mol. The molecule has 1 amide bonds. The summed E-state index contributed by atoms with van der Waals surface area (Å²) in [7, 11) is 0. The smallest absolute Gasteiger partial charge is 0.227 e. The van der Waals surface area contributed by atoms with Gasteiger partial charge in [0.1, 0.15) is 12.4 Å². The first-order chi connectivity index (χ1) is 11.3. The van der Waals surface area contributed by atoms with Crippen molar-refractivity contribution in [2.75, 3.05) is 18.5 Å². The molecule has 1 aliphatic heterocycles.